The molecule has 1 aromatic carbocycles. The lowest BCUT2D eigenvalue weighted by Gasteiger charge is -2.32. The molecule has 2 aromatic rings. The number of carbonyl (C=O) groups is 2. The van der Waals surface area contributed by atoms with Gasteiger partial charge in [-0.25, -0.2) is 4.79 Å². The highest BCUT2D eigenvalue weighted by Gasteiger charge is 2.33. The Morgan fingerprint density at radius 2 is 2.00 bits per heavy atom. The van der Waals surface area contributed by atoms with Gasteiger partial charge in [0.15, 0.2) is 5.75 Å². The molecule has 1 N–H and O–H groups in total. The number of hydrogen-bond donors (Lipinski definition) is 1. The third-order valence-electron chi connectivity index (χ3n) is 4.60. The molecule has 0 unspecified atom stereocenters. The van der Waals surface area contributed by atoms with Crippen molar-refractivity contribution >= 4 is 49.6 Å². The van der Waals surface area contributed by atoms with Crippen LogP contribution in [0.3, 0.4) is 0 Å². The highest BCUT2D eigenvalue weighted by atomic mass is 79.9. The van der Waals surface area contributed by atoms with Gasteiger partial charge in [-0.3, -0.25) is 9.78 Å². The van der Waals surface area contributed by atoms with Gasteiger partial charge in [0.2, 0.25) is 0 Å². The van der Waals surface area contributed by atoms with Crippen LogP contribution in [0, 0.1) is 0 Å². The van der Waals surface area contributed by atoms with Crippen molar-refractivity contribution in [3.63, 3.8) is 0 Å². The molecule has 6 nitrogen and oxygen atoms in total. The molecule has 0 spiro atoms. The molecule has 2 heterocycles. The third-order valence-corrected chi connectivity index (χ3v) is 5.94. The number of aromatic nitrogens is 1. The molecule has 0 aliphatic carbocycles. The number of aryl methyl sites for hydroxylation is 1. The van der Waals surface area contributed by atoms with Gasteiger partial charge in [-0.05, 0) is 73.4 Å². The van der Waals surface area contributed by atoms with Crippen LogP contribution < -0.4 is 9.64 Å². The standard InChI is InChI=1S/C20H20Br2N2O4/c1-20(2,3)15-12(9-13(21)17(16(15)22)28-19(26)27)18(25)24-8-4-5-11-6-7-23-10-14(11)24/h6-7,9-10H,4-5,8H2,1-3H3,(H,26,27). The zero-order valence-corrected chi connectivity index (χ0v) is 18.9. The first-order valence-electron chi connectivity index (χ1n) is 8.79. The molecule has 0 saturated heterocycles. The van der Waals surface area contributed by atoms with Crippen molar-refractivity contribution in [2.75, 3.05) is 11.4 Å². The first-order valence-corrected chi connectivity index (χ1v) is 10.4. The number of anilines is 1. The molecule has 148 valence electrons. The summed E-state index contributed by atoms with van der Waals surface area (Å²) < 4.78 is 5.77. The summed E-state index contributed by atoms with van der Waals surface area (Å²) in [4.78, 5) is 30.6. The molecular weight excluding hydrogens is 492 g/mol. The first kappa shape index (κ1) is 20.8. The Morgan fingerprint density at radius 3 is 2.64 bits per heavy atom. The van der Waals surface area contributed by atoms with Gasteiger partial charge in [0.25, 0.3) is 5.91 Å². The minimum atomic E-state index is -1.42. The average molecular weight is 512 g/mol. The molecule has 28 heavy (non-hydrogen) atoms. The lowest BCUT2D eigenvalue weighted by Crippen LogP contribution is -2.37. The number of benzene rings is 1. The van der Waals surface area contributed by atoms with Crippen molar-refractivity contribution in [2.45, 2.75) is 39.0 Å². The van der Waals surface area contributed by atoms with Crippen LogP contribution >= 0.6 is 31.9 Å². The SMILES string of the molecule is CC(C)(C)c1c(C(=O)N2CCCc3ccncc32)cc(Br)c(OC(=O)O)c1Br. The van der Waals surface area contributed by atoms with Crippen LogP contribution in [0.25, 0.3) is 0 Å². The Bertz CT molecular complexity index is 954. The number of nitrogens with zero attached hydrogens (tertiary/aromatic N) is 2. The van der Waals surface area contributed by atoms with E-state index in [1.807, 2.05) is 26.8 Å². The summed E-state index contributed by atoms with van der Waals surface area (Å²) in [6.07, 6.45) is 3.81. The molecule has 0 radical (unpaired) electrons. The Kier molecular flexibility index (Phi) is 5.82. The summed E-state index contributed by atoms with van der Waals surface area (Å²) in [5.74, 6) is -0.0168. The predicted octanol–water partition coefficient (Wildman–Crippen LogP) is 5.55. The molecule has 1 aromatic heterocycles. The summed E-state index contributed by atoms with van der Waals surface area (Å²) in [5, 5.41) is 9.06. The second-order valence-electron chi connectivity index (χ2n) is 7.61. The highest BCUT2D eigenvalue weighted by Crippen LogP contribution is 2.44. The van der Waals surface area contributed by atoms with Crippen LogP contribution in [0.15, 0.2) is 33.5 Å². The number of fused-ring (bicyclic) bond motifs is 1. The molecule has 0 bridgehead atoms. The molecule has 0 saturated carbocycles. The fourth-order valence-corrected chi connectivity index (χ4v) is 5.33. The molecule has 0 atom stereocenters. The zero-order valence-electron chi connectivity index (χ0n) is 15.8. The van der Waals surface area contributed by atoms with Gasteiger partial charge in [-0.15, -0.1) is 0 Å². The second-order valence-corrected chi connectivity index (χ2v) is 9.25. The number of ether oxygens (including phenoxy) is 1. The Hall–Kier alpha value is -1.93. The van der Waals surface area contributed by atoms with E-state index < -0.39 is 11.6 Å². The average Bonchev–Trinajstić information content (AvgIpc) is 2.62. The van der Waals surface area contributed by atoms with Gasteiger partial charge in [0.05, 0.1) is 20.8 Å². The Balaban J connectivity index is 2.17. The van der Waals surface area contributed by atoms with Gasteiger partial charge in [-0.1, -0.05) is 20.8 Å². The molecular formula is C20H20Br2N2O4. The summed E-state index contributed by atoms with van der Waals surface area (Å²) in [6.45, 7) is 6.50. The minimum Gasteiger partial charge on any atom is -0.449 e. The van der Waals surface area contributed by atoms with E-state index in [9.17, 15) is 9.59 Å². The van der Waals surface area contributed by atoms with Gasteiger partial charge in [0.1, 0.15) is 0 Å². The molecule has 0 fully saturated rings. The van der Waals surface area contributed by atoms with Gasteiger partial charge >= 0.3 is 6.16 Å². The largest absolute Gasteiger partial charge is 0.511 e. The van der Waals surface area contributed by atoms with Gasteiger partial charge in [0, 0.05) is 18.3 Å². The van der Waals surface area contributed by atoms with E-state index in [1.54, 1.807) is 23.4 Å². The number of halogens is 2. The maximum absolute atomic E-state index is 13.6. The van der Waals surface area contributed by atoms with Crippen molar-refractivity contribution in [3.8, 4) is 5.75 Å². The normalized spacial score (nSPS) is 13.8. The minimum absolute atomic E-state index is 0.134. The predicted molar refractivity (Wildman–Crippen MR) is 113 cm³/mol. The highest BCUT2D eigenvalue weighted by molar-refractivity contribution is 9.11. The van der Waals surface area contributed by atoms with Crippen LogP contribution in [-0.4, -0.2) is 28.7 Å². The summed E-state index contributed by atoms with van der Waals surface area (Å²) in [7, 11) is 0. The van der Waals surface area contributed by atoms with Gasteiger partial charge < -0.3 is 14.7 Å². The summed E-state index contributed by atoms with van der Waals surface area (Å²) in [6, 6.07) is 3.58. The van der Waals surface area contributed by atoms with Crippen LogP contribution in [0.5, 0.6) is 5.75 Å². The van der Waals surface area contributed by atoms with E-state index in [-0.39, 0.29) is 11.7 Å². The van der Waals surface area contributed by atoms with E-state index in [0.29, 0.717) is 26.6 Å². The van der Waals surface area contributed by atoms with E-state index in [4.69, 9.17) is 9.84 Å². The van der Waals surface area contributed by atoms with Crippen LogP contribution in [0.4, 0.5) is 10.5 Å². The van der Waals surface area contributed by atoms with Crippen molar-refractivity contribution in [2.24, 2.45) is 0 Å². The van der Waals surface area contributed by atoms with E-state index in [2.05, 4.69) is 36.8 Å². The van der Waals surface area contributed by atoms with E-state index in [0.717, 1.165) is 24.1 Å². The number of amides is 1. The smallest absolute Gasteiger partial charge is 0.449 e. The van der Waals surface area contributed by atoms with Crippen LogP contribution in [0.2, 0.25) is 0 Å². The van der Waals surface area contributed by atoms with E-state index in [1.165, 1.54) is 0 Å². The Morgan fingerprint density at radius 1 is 1.29 bits per heavy atom. The monoisotopic (exact) mass is 510 g/mol. The molecule has 1 aliphatic heterocycles. The summed E-state index contributed by atoms with van der Waals surface area (Å²) >= 11 is 6.82. The fraction of sp³-hybridized carbons (Fsp3) is 0.350. The maximum Gasteiger partial charge on any atom is 0.511 e. The number of carboxylic acid groups (broad SMARTS) is 1. The number of pyridine rings is 1. The summed E-state index contributed by atoms with van der Waals surface area (Å²) in [5.41, 5.74) is 2.65. The van der Waals surface area contributed by atoms with Crippen LogP contribution in [0.1, 0.15) is 48.7 Å². The van der Waals surface area contributed by atoms with Crippen molar-refractivity contribution < 1.29 is 19.4 Å². The number of hydrogen-bond acceptors (Lipinski definition) is 4. The first-order chi connectivity index (χ1) is 13.1. The number of carbonyl (C=O) groups excluding carboxylic acids is 1. The Labute approximate surface area is 180 Å². The third kappa shape index (κ3) is 3.93. The van der Waals surface area contributed by atoms with Crippen molar-refractivity contribution in [3.05, 3.63) is 50.2 Å². The van der Waals surface area contributed by atoms with Crippen LogP contribution in [-0.2, 0) is 11.8 Å². The van der Waals surface area contributed by atoms with Crippen molar-refractivity contribution in [1.29, 1.82) is 0 Å². The lowest BCUT2D eigenvalue weighted by atomic mass is 9.83. The molecule has 1 aliphatic rings. The molecule has 8 heteroatoms. The molecule has 3 rings (SSSR count). The maximum atomic E-state index is 13.6. The molecule has 1 amide bonds. The second kappa shape index (κ2) is 7.83. The number of rotatable bonds is 2. The van der Waals surface area contributed by atoms with E-state index >= 15 is 0 Å². The fourth-order valence-electron chi connectivity index (χ4n) is 3.46. The van der Waals surface area contributed by atoms with Crippen molar-refractivity contribution in [1.82, 2.24) is 4.98 Å². The van der Waals surface area contributed by atoms with Gasteiger partial charge in [-0.2, -0.15) is 0 Å². The zero-order chi connectivity index (χ0) is 20.6. The topological polar surface area (TPSA) is 79.7 Å². The lowest BCUT2D eigenvalue weighted by molar-refractivity contribution is 0.0982. The quantitative estimate of drug-likeness (QED) is 0.422.